The van der Waals surface area contributed by atoms with Crippen LogP contribution in [-0.2, 0) is 10.0 Å². The summed E-state index contributed by atoms with van der Waals surface area (Å²) < 4.78 is 27.0. The van der Waals surface area contributed by atoms with E-state index < -0.39 is 10.0 Å². The molecule has 7 heteroatoms. The highest BCUT2D eigenvalue weighted by Gasteiger charge is 2.25. The maximum Gasteiger partial charge on any atom is 0.243 e. The number of rotatable bonds is 4. The third-order valence-electron chi connectivity index (χ3n) is 4.71. The van der Waals surface area contributed by atoms with Crippen molar-refractivity contribution in [3.8, 4) is 0 Å². The Hall–Kier alpha value is -1.96. The first kappa shape index (κ1) is 19.8. The van der Waals surface area contributed by atoms with E-state index in [-0.39, 0.29) is 0 Å². The summed E-state index contributed by atoms with van der Waals surface area (Å²) in [6.07, 6.45) is 2.95. The van der Waals surface area contributed by atoms with Crippen molar-refractivity contribution < 1.29 is 8.42 Å². The number of anilines is 2. The molecular formula is C20H25N3O2S2. The first-order chi connectivity index (χ1) is 12.9. The van der Waals surface area contributed by atoms with E-state index in [1.165, 1.54) is 0 Å². The van der Waals surface area contributed by atoms with Crippen molar-refractivity contribution >= 4 is 38.7 Å². The van der Waals surface area contributed by atoms with Crippen LogP contribution < -0.4 is 10.6 Å². The van der Waals surface area contributed by atoms with Gasteiger partial charge in [0.15, 0.2) is 5.11 Å². The molecule has 1 saturated heterocycles. The second kappa shape index (κ2) is 8.37. The first-order valence-corrected chi connectivity index (χ1v) is 11.0. The average molecular weight is 404 g/mol. The minimum atomic E-state index is -3.41. The summed E-state index contributed by atoms with van der Waals surface area (Å²) >= 11 is 5.38. The monoisotopic (exact) mass is 403 g/mol. The maximum absolute atomic E-state index is 12.7. The van der Waals surface area contributed by atoms with E-state index in [2.05, 4.69) is 16.7 Å². The van der Waals surface area contributed by atoms with Gasteiger partial charge in [-0.15, -0.1) is 0 Å². The molecule has 3 rings (SSSR count). The number of benzene rings is 2. The molecule has 27 heavy (non-hydrogen) atoms. The van der Waals surface area contributed by atoms with Gasteiger partial charge >= 0.3 is 0 Å². The maximum atomic E-state index is 12.7. The lowest BCUT2D eigenvalue weighted by Crippen LogP contribution is -2.35. The third-order valence-corrected chi connectivity index (χ3v) is 6.82. The van der Waals surface area contributed by atoms with Crippen LogP contribution in [0.2, 0.25) is 0 Å². The molecule has 0 bridgehead atoms. The highest BCUT2D eigenvalue weighted by molar-refractivity contribution is 7.89. The highest BCUT2D eigenvalue weighted by atomic mass is 32.2. The summed E-state index contributed by atoms with van der Waals surface area (Å²) in [7, 11) is -3.41. The van der Waals surface area contributed by atoms with Gasteiger partial charge in [0, 0.05) is 24.5 Å². The van der Waals surface area contributed by atoms with Crippen molar-refractivity contribution in [2.75, 3.05) is 23.7 Å². The van der Waals surface area contributed by atoms with Gasteiger partial charge in [0.2, 0.25) is 10.0 Å². The molecule has 1 fully saturated rings. The fraction of sp³-hybridized carbons (Fsp3) is 0.350. The van der Waals surface area contributed by atoms with Crippen LogP contribution in [0.1, 0.15) is 30.4 Å². The van der Waals surface area contributed by atoms with Crippen LogP contribution in [0.15, 0.2) is 47.4 Å². The number of hydrogen-bond acceptors (Lipinski definition) is 3. The van der Waals surface area contributed by atoms with E-state index in [9.17, 15) is 8.42 Å². The smallest absolute Gasteiger partial charge is 0.243 e. The second-order valence-corrected chi connectivity index (χ2v) is 9.23. The summed E-state index contributed by atoms with van der Waals surface area (Å²) in [6, 6.07) is 12.9. The van der Waals surface area contributed by atoms with E-state index in [4.69, 9.17) is 12.2 Å². The standard InChI is InChI=1S/C20H25N3O2S2/c1-15-6-7-16(2)19(14-15)22-20(26)21-17-8-10-18(11-9-17)27(24,25)23-12-4-3-5-13-23/h6-11,14H,3-5,12-13H2,1-2H3,(H2,21,22,26). The van der Waals surface area contributed by atoms with Gasteiger partial charge in [0.25, 0.3) is 0 Å². The molecule has 2 N–H and O–H groups in total. The van der Waals surface area contributed by atoms with Crippen molar-refractivity contribution in [3.05, 3.63) is 53.6 Å². The number of sulfonamides is 1. The second-order valence-electron chi connectivity index (χ2n) is 6.89. The van der Waals surface area contributed by atoms with E-state index in [1.54, 1.807) is 28.6 Å². The average Bonchev–Trinajstić information content (AvgIpc) is 2.66. The molecular weight excluding hydrogens is 378 g/mol. The van der Waals surface area contributed by atoms with Crippen molar-refractivity contribution in [2.24, 2.45) is 0 Å². The van der Waals surface area contributed by atoms with Crippen molar-refractivity contribution in [3.63, 3.8) is 0 Å². The minimum absolute atomic E-state index is 0.323. The summed E-state index contributed by atoms with van der Waals surface area (Å²) in [5.41, 5.74) is 3.96. The number of nitrogens with one attached hydrogen (secondary N) is 2. The Morgan fingerprint density at radius 3 is 2.30 bits per heavy atom. The number of hydrogen-bond donors (Lipinski definition) is 2. The molecule has 0 radical (unpaired) electrons. The van der Waals surface area contributed by atoms with Gasteiger partial charge in [-0.05, 0) is 80.4 Å². The number of aryl methyl sites for hydroxylation is 2. The molecule has 0 saturated carbocycles. The summed E-state index contributed by atoms with van der Waals surface area (Å²) in [5.74, 6) is 0. The third kappa shape index (κ3) is 4.86. The van der Waals surface area contributed by atoms with Crippen molar-refractivity contribution in [1.29, 1.82) is 0 Å². The minimum Gasteiger partial charge on any atom is -0.332 e. The Balaban J connectivity index is 1.66. The molecule has 0 unspecified atom stereocenters. The first-order valence-electron chi connectivity index (χ1n) is 9.12. The zero-order valence-electron chi connectivity index (χ0n) is 15.7. The molecule has 1 aliphatic heterocycles. The van der Waals surface area contributed by atoms with Gasteiger partial charge in [0.05, 0.1) is 4.90 Å². The van der Waals surface area contributed by atoms with E-state index in [0.29, 0.717) is 23.1 Å². The molecule has 144 valence electrons. The zero-order valence-corrected chi connectivity index (χ0v) is 17.3. The van der Waals surface area contributed by atoms with Crippen LogP contribution >= 0.6 is 12.2 Å². The Labute approximate surface area is 166 Å². The molecule has 1 heterocycles. The van der Waals surface area contributed by atoms with Gasteiger partial charge in [-0.2, -0.15) is 4.31 Å². The fourth-order valence-electron chi connectivity index (χ4n) is 3.12. The lowest BCUT2D eigenvalue weighted by molar-refractivity contribution is 0.346. The van der Waals surface area contributed by atoms with Gasteiger partial charge in [0.1, 0.15) is 0 Å². The fourth-order valence-corrected chi connectivity index (χ4v) is 4.86. The summed E-state index contributed by atoms with van der Waals surface area (Å²) in [5, 5.41) is 6.77. The molecule has 0 spiro atoms. The quantitative estimate of drug-likeness (QED) is 0.746. The van der Waals surface area contributed by atoms with Crippen LogP contribution in [0.3, 0.4) is 0 Å². The molecule has 2 aromatic carbocycles. The van der Waals surface area contributed by atoms with Gasteiger partial charge < -0.3 is 10.6 Å². The van der Waals surface area contributed by atoms with Gasteiger partial charge in [-0.25, -0.2) is 8.42 Å². The molecule has 0 atom stereocenters. The highest BCUT2D eigenvalue weighted by Crippen LogP contribution is 2.22. The molecule has 5 nitrogen and oxygen atoms in total. The molecule has 0 aliphatic carbocycles. The lowest BCUT2D eigenvalue weighted by Gasteiger charge is -2.25. The van der Waals surface area contributed by atoms with Crippen LogP contribution in [0.25, 0.3) is 0 Å². The number of piperidine rings is 1. The predicted molar refractivity (Wildman–Crippen MR) is 115 cm³/mol. The normalized spacial score (nSPS) is 15.3. The molecule has 0 aromatic heterocycles. The molecule has 1 aliphatic rings. The Bertz CT molecular complexity index is 919. The summed E-state index contributed by atoms with van der Waals surface area (Å²) in [6.45, 7) is 5.26. The van der Waals surface area contributed by atoms with Gasteiger partial charge in [-0.3, -0.25) is 0 Å². The van der Waals surface area contributed by atoms with Crippen LogP contribution in [0, 0.1) is 13.8 Å². The number of thiocarbonyl (C=S) groups is 1. The zero-order chi connectivity index (χ0) is 19.4. The van der Waals surface area contributed by atoms with E-state index >= 15 is 0 Å². The van der Waals surface area contributed by atoms with Crippen LogP contribution in [0.5, 0.6) is 0 Å². The SMILES string of the molecule is Cc1ccc(C)c(NC(=S)Nc2ccc(S(=O)(=O)N3CCCCC3)cc2)c1. The topological polar surface area (TPSA) is 61.4 Å². The van der Waals surface area contributed by atoms with Gasteiger partial charge in [-0.1, -0.05) is 18.6 Å². The van der Waals surface area contributed by atoms with Crippen molar-refractivity contribution in [2.45, 2.75) is 38.0 Å². The number of nitrogens with zero attached hydrogens (tertiary/aromatic N) is 1. The largest absolute Gasteiger partial charge is 0.332 e. The Morgan fingerprint density at radius 2 is 1.63 bits per heavy atom. The molecule has 2 aromatic rings. The van der Waals surface area contributed by atoms with E-state index in [0.717, 1.165) is 41.8 Å². The Morgan fingerprint density at radius 1 is 0.963 bits per heavy atom. The Kier molecular flexibility index (Phi) is 6.14. The summed E-state index contributed by atoms with van der Waals surface area (Å²) in [4.78, 5) is 0.323. The predicted octanol–water partition coefficient (Wildman–Crippen LogP) is 4.29. The molecule has 0 amide bonds. The van der Waals surface area contributed by atoms with Crippen LogP contribution in [-0.4, -0.2) is 30.9 Å². The van der Waals surface area contributed by atoms with Crippen molar-refractivity contribution in [1.82, 2.24) is 4.31 Å². The van der Waals surface area contributed by atoms with E-state index in [1.807, 2.05) is 26.0 Å². The lowest BCUT2D eigenvalue weighted by atomic mass is 10.1. The van der Waals surface area contributed by atoms with Crippen LogP contribution in [0.4, 0.5) is 11.4 Å².